The van der Waals surface area contributed by atoms with Crippen LogP contribution in [-0.4, -0.2) is 4.57 Å². The molecule has 256 valence electrons. The van der Waals surface area contributed by atoms with Crippen molar-refractivity contribution in [1.29, 1.82) is 0 Å². The molecule has 12 rings (SSSR count). The number of aromatic nitrogens is 1. The van der Waals surface area contributed by atoms with Gasteiger partial charge < -0.3 is 8.98 Å². The Bertz CT molecular complexity index is 3260. The van der Waals surface area contributed by atoms with Gasteiger partial charge in [0.2, 0.25) is 0 Å². The lowest BCUT2D eigenvalue weighted by molar-refractivity contribution is 0.666. The van der Waals surface area contributed by atoms with Gasteiger partial charge in [-0.1, -0.05) is 158 Å². The topological polar surface area (TPSA) is 18.1 Å². The highest BCUT2D eigenvalue weighted by molar-refractivity contribution is 6.18. The maximum atomic E-state index is 6.82. The Labute approximate surface area is 318 Å². The molecule has 0 aliphatic heterocycles. The second-order valence-corrected chi connectivity index (χ2v) is 14.8. The van der Waals surface area contributed by atoms with E-state index in [1.165, 1.54) is 66.0 Å². The minimum atomic E-state index is -0.461. The molecule has 0 saturated carbocycles. The van der Waals surface area contributed by atoms with Crippen LogP contribution in [0.25, 0.3) is 82.5 Å². The van der Waals surface area contributed by atoms with Crippen LogP contribution >= 0.6 is 0 Å². The monoisotopic (exact) mass is 699 g/mol. The number of hydrogen-bond donors (Lipinski definition) is 0. The average molecular weight is 700 g/mol. The second kappa shape index (κ2) is 11.4. The van der Waals surface area contributed by atoms with Gasteiger partial charge in [-0.15, -0.1) is 0 Å². The van der Waals surface area contributed by atoms with Gasteiger partial charge in [0.05, 0.1) is 16.4 Å². The summed E-state index contributed by atoms with van der Waals surface area (Å²) < 4.78 is 9.24. The fraction of sp³-hybridized carbons (Fsp3) is 0.0189. The van der Waals surface area contributed by atoms with Gasteiger partial charge in [0.15, 0.2) is 0 Å². The highest BCUT2D eigenvalue weighted by atomic mass is 16.3. The van der Waals surface area contributed by atoms with E-state index in [2.05, 4.69) is 205 Å². The van der Waals surface area contributed by atoms with Crippen LogP contribution in [0.3, 0.4) is 0 Å². The lowest BCUT2D eigenvalue weighted by atomic mass is 9.67. The minimum Gasteiger partial charge on any atom is -0.456 e. The summed E-state index contributed by atoms with van der Waals surface area (Å²) in [6, 6.07) is 73.0. The fourth-order valence-corrected chi connectivity index (χ4v) is 9.69. The molecule has 1 aliphatic rings. The molecule has 0 atom stereocenters. The van der Waals surface area contributed by atoms with Crippen molar-refractivity contribution in [2.24, 2.45) is 0 Å². The smallest absolute Gasteiger partial charge is 0.136 e. The number of fused-ring (bicyclic) bond motifs is 11. The molecular weight excluding hydrogens is 667 g/mol. The predicted octanol–water partition coefficient (Wildman–Crippen LogP) is 13.9. The van der Waals surface area contributed by atoms with E-state index in [0.717, 1.165) is 38.8 Å². The number of para-hydroxylation sites is 1. The SMILES string of the molecule is c1ccc(C2(c3ccccc3)c3ccccc3-c3cc4c(cc32)oc2cc(-c3ccc(-n5c6ccccc6c6ccc7ccccc7c65)cc3)ccc24)cc1. The zero-order valence-corrected chi connectivity index (χ0v) is 29.9. The van der Waals surface area contributed by atoms with Gasteiger partial charge in [0.25, 0.3) is 0 Å². The van der Waals surface area contributed by atoms with E-state index in [9.17, 15) is 0 Å². The normalized spacial score (nSPS) is 13.2. The molecule has 2 aromatic heterocycles. The standard InChI is InChI=1S/C53H33NO/c1-3-14-37(15-4-1)53(38-16-5-2-6-17-38)47-21-11-9-19-41(47)45-32-46-43-29-26-36(31-50(43)55-51(46)33-48(45)53)34-23-27-39(28-24-34)54-49-22-12-10-20-42(49)44-30-25-35-13-7-8-18-40(35)52(44)54/h1-33H. The summed E-state index contributed by atoms with van der Waals surface area (Å²) in [7, 11) is 0. The Kier molecular flexibility index (Phi) is 6.29. The van der Waals surface area contributed by atoms with E-state index in [4.69, 9.17) is 4.42 Å². The molecule has 0 radical (unpaired) electrons. The summed E-state index contributed by atoms with van der Waals surface area (Å²) in [5.74, 6) is 0. The lowest BCUT2D eigenvalue weighted by Crippen LogP contribution is -2.28. The molecule has 0 N–H and O–H groups in total. The summed E-state index contributed by atoms with van der Waals surface area (Å²) in [5, 5.41) is 7.31. The van der Waals surface area contributed by atoms with E-state index >= 15 is 0 Å². The maximum absolute atomic E-state index is 6.82. The van der Waals surface area contributed by atoms with Crippen LogP contribution in [-0.2, 0) is 5.41 Å². The molecule has 0 fully saturated rings. The van der Waals surface area contributed by atoms with E-state index in [-0.39, 0.29) is 0 Å². The molecule has 2 nitrogen and oxygen atoms in total. The van der Waals surface area contributed by atoms with Crippen molar-refractivity contribution in [2.45, 2.75) is 5.41 Å². The quantitative estimate of drug-likeness (QED) is 0.179. The molecule has 1 aliphatic carbocycles. The molecule has 0 saturated heterocycles. The van der Waals surface area contributed by atoms with Crippen LogP contribution in [0.15, 0.2) is 205 Å². The summed E-state index contributed by atoms with van der Waals surface area (Å²) in [6.45, 7) is 0. The second-order valence-electron chi connectivity index (χ2n) is 14.8. The van der Waals surface area contributed by atoms with E-state index < -0.39 is 5.41 Å². The summed E-state index contributed by atoms with van der Waals surface area (Å²) in [6.07, 6.45) is 0. The average Bonchev–Trinajstić information content (AvgIpc) is 3.89. The zero-order chi connectivity index (χ0) is 36.1. The molecule has 0 bridgehead atoms. The molecule has 2 heterocycles. The largest absolute Gasteiger partial charge is 0.456 e. The van der Waals surface area contributed by atoms with Gasteiger partial charge in [-0.05, 0) is 92.4 Å². The summed E-state index contributed by atoms with van der Waals surface area (Å²) in [4.78, 5) is 0. The van der Waals surface area contributed by atoms with Crippen molar-refractivity contribution < 1.29 is 4.42 Å². The molecule has 9 aromatic carbocycles. The van der Waals surface area contributed by atoms with E-state index in [1.807, 2.05) is 0 Å². The van der Waals surface area contributed by atoms with Crippen molar-refractivity contribution in [3.05, 3.63) is 222 Å². The van der Waals surface area contributed by atoms with Crippen molar-refractivity contribution in [2.75, 3.05) is 0 Å². The first kappa shape index (κ1) is 30.3. The van der Waals surface area contributed by atoms with Gasteiger partial charge in [-0.25, -0.2) is 0 Å². The van der Waals surface area contributed by atoms with E-state index in [0.29, 0.717) is 0 Å². The van der Waals surface area contributed by atoms with Crippen LogP contribution in [0, 0.1) is 0 Å². The molecule has 2 heteroatoms. The van der Waals surface area contributed by atoms with Gasteiger partial charge in [0.1, 0.15) is 11.2 Å². The van der Waals surface area contributed by atoms with Crippen molar-refractivity contribution in [1.82, 2.24) is 4.57 Å². The Morgan fingerprint density at radius 1 is 0.382 bits per heavy atom. The third-order valence-electron chi connectivity index (χ3n) is 12.1. The first-order valence-corrected chi connectivity index (χ1v) is 19.0. The zero-order valence-electron chi connectivity index (χ0n) is 29.9. The number of hydrogen-bond acceptors (Lipinski definition) is 1. The number of benzene rings is 9. The van der Waals surface area contributed by atoms with Crippen LogP contribution in [0.2, 0.25) is 0 Å². The lowest BCUT2D eigenvalue weighted by Gasteiger charge is -2.33. The highest BCUT2D eigenvalue weighted by Crippen LogP contribution is 2.57. The predicted molar refractivity (Wildman–Crippen MR) is 228 cm³/mol. The van der Waals surface area contributed by atoms with E-state index in [1.54, 1.807) is 0 Å². The fourth-order valence-electron chi connectivity index (χ4n) is 9.69. The number of nitrogens with zero attached hydrogens (tertiary/aromatic N) is 1. The van der Waals surface area contributed by atoms with Crippen LogP contribution in [0.4, 0.5) is 0 Å². The molecule has 0 unspecified atom stereocenters. The number of furan rings is 1. The molecule has 11 aromatic rings. The van der Waals surface area contributed by atoms with Gasteiger partial charge in [-0.3, -0.25) is 0 Å². The number of rotatable bonds is 4. The van der Waals surface area contributed by atoms with Crippen LogP contribution in [0.5, 0.6) is 0 Å². The van der Waals surface area contributed by atoms with Crippen LogP contribution < -0.4 is 0 Å². The Morgan fingerprint density at radius 3 is 1.82 bits per heavy atom. The Balaban J connectivity index is 1.01. The highest BCUT2D eigenvalue weighted by Gasteiger charge is 2.46. The first-order chi connectivity index (χ1) is 27.3. The Hall–Kier alpha value is -7.16. The third kappa shape index (κ3) is 4.19. The van der Waals surface area contributed by atoms with Crippen molar-refractivity contribution >= 4 is 54.5 Å². The van der Waals surface area contributed by atoms with Gasteiger partial charge >= 0.3 is 0 Å². The minimum absolute atomic E-state index is 0.461. The molecule has 0 spiro atoms. The third-order valence-corrected chi connectivity index (χ3v) is 12.1. The summed E-state index contributed by atoms with van der Waals surface area (Å²) >= 11 is 0. The maximum Gasteiger partial charge on any atom is 0.136 e. The molecular formula is C53H33NO. The van der Waals surface area contributed by atoms with Crippen molar-refractivity contribution in [3.63, 3.8) is 0 Å². The van der Waals surface area contributed by atoms with Gasteiger partial charge in [0, 0.05) is 32.6 Å². The van der Waals surface area contributed by atoms with Gasteiger partial charge in [-0.2, -0.15) is 0 Å². The van der Waals surface area contributed by atoms with Crippen molar-refractivity contribution in [3.8, 4) is 27.9 Å². The van der Waals surface area contributed by atoms with Crippen LogP contribution in [0.1, 0.15) is 22.3 Å². The summed E-state index contributed by atoms with van der Waals surface area (Å²) in [5.41, 5.74) is 14.8. The first-order valence-electron chi connectivity index (χ1n) is 19.0. The molecule has 55 heavy (non-hydrogen) atoms. The Morgan fingerprint density at radius 2 is 1.02 bits per heavy atom. The molecule has 0 amide bonds.